The summed E-state index contributed by atoms with van der Waals surface area (Å²) >= 11 is 0. The molecule has 63 valence electrons. The maximum Gasteiger partial charge on any atom is 0.177 e. The highest BCUT2D eigenvalue weighted by Crippen LogP contribution is 2.37. The highest BCUT2D eigenvalue weighted by Gasteiger charge is 2.25. The summed E-state index contributed by atoms with van der Waals surface area (Å²) < 4.78 is 5.46. The lowest BCUT2D eigenvalue weighted by Crippen LogP contribution is -1.96. The normalized spacial score (nSPS) is 20.4. The first-order valence-corrected chi connectivity index (χ1v) is 4.53. The van der Waals surface area contributed by atoms with Crippen molar-refractivity contribution in [2.24, 2.45) is 0 Å². The van der Waals surface area contributed by atoms with E-state index in [1.54, 1.807) is 0 Å². The number of unbranched alkanes of at least 4 members (excludes halogenated alkanes) is 1. The minimum atomic E-state index is 1.07. The molecule has 2 aliphatic rings. The number of allylic oxidation sites excluding steroid dienone is 3. The molecular weight excluding hydrogens is 148 g/mol. The Kier molecular flexibility index (Phi) is 2.03. The van der Waals surface area contributed by atoms with Gasteiger partial charge in [0.1, 0.15) is 0 Å². The van der Waals surface area contributed by atoms with Crippen LogP contribution in [0.25, 0.3) is 0 Å². The van der Waals surface area contributed by atoms with Crippen LogP contribution in [0.15, 0.2) is 35.6 Å². The van der Waals surface area contributed by atoms with Crippen molar-refractivity contribution in [3.8, 4) is 0 Å². The second-order valence-corrected chi connectivity index (χ2v) is 3.16. The Morgan fingerprint density at radius 1 is 1.42 bits per heavy atom. The highest BCUT2D eigenvalue weighted by atomic mass is 16.5. The van der Waals surface area contributed by atoms with Gasteiger partial charge >= 0.3 is 0 Å². The van der Waals surface area contributed by atoms with Gasteiger partial charge in [-0.2, -0.15) is 0 Å². The van der Waals surface area contributed by atoms with E-state index in [2.05, 4.69) is 25.2 Å². The topological polar surface area (TPSA) is 9.23 Å². The van der Waals surface area contributed by atoms with Crippen molar-refractivity contribution in [2.45, 2.75) is 26.2 Å². The molecule has 1 nitrogen and oxygen atoms in total. The van der Waals surface area contributed by atoms with Crippen LogP contribution in [0.3, 0.4) is 0 Å². The van der Waals surface area contributed by atoms with Gasteiger partial charge in [0.2, 0.25) is 0 Å². The van der Waals surface area contributed by atoms with Crippen molar-refractivity contribution in [1.82, 2.24) is 0 Å². The van der Waals surface area contributed by atoms with Gasteiger partial charge in [-0.15, -0.1) is 0 Å². The van der Waals surface area contributed by atoms with Gasteiger partial charge in [0, 0.05) is 11.1 Å². The largest absolute Gasteiger partial charge is 0.485 e. The number of hydrogen-bond donors (Lipinski definition) is 0. The molecular formula is C11H13O. The first-order valence-electron chi connectivity index (χ1n) is 4.53. The van der Waals surface area contributed by atoms with Crippen molar-refractivity contribution in [2.75, 3.05) is 0 Å². The van der Waals surface area contributed by atoms with Crippen LogP contribution < -0.4 is 0 Å². The summed E-state index contributed by atoms with van der Waals surface area (Å²) in [6.07, 6.45) is 12.8. The molecule has 0 aromatic carbocycles. The lowest BCUT2D eigenvalue weighted by atomic mass is 10.0. The summed E-state index contributed by atoms with van der Waals surface area (Å²) in [6, 6.07) is 0. The molecule has 1 heterocycles. The van der Waals surface area contributed by atoms with E-state index in [0.717, 1.165) is 12.5 Å². The number of ether oxygens (including phenoxy) is 1. The van der Waals surface area contributed by atoms with E-state index in [1.165, 1.54) is 24.0 Å². The molecule has 0 aromatic heterocycles. The fraction of sp³-hybridized carbons (Fsp3) is 0.364. The SMILES string of the molecule is CCCC[C]1OC=C2C=CC=C12. The van der Waals surface area contributed by atoms with Crippen molar-refractivity contribution in [3.05, 3.63) is 41.7 Å². The molecule has 2 rings (SSSR count). The standard InChI is InChI=1S/C11H13O/c1-2-3-7-11-10-6-4-5-9(10)8-12-11/h4-6,8H,2-3,7H2,1H3. The van der Waals surface area contributed by atoms with Crippen molar-refractivity contribution in [1.29, 1.82) is 0 Å². The summed E-state index contributed by atoms with van der Waals surface area (Å²) in [5, 5.41) is 0. The van der Waals surface area contributed by atoms with Crippen LogP contribution in [0.5, 0.6) is 0 Å². The fourth-order valence-corrected chi connectivity index (χ4v) is 1.52. The lowest BCUT2D eigenvalue weighted by molar-refractivity contribution is 0.280. The molecule has 0 spiro atoms. The molecule has 0 unspecified atom stereocenters. The quantitative estimate of drug-likeness (QED) is 0.618. The summed E-state index contributed by atoms with van der Waals surface area (Å²) in [5.74, 6) is 0. The van der Waals surface area contributed by atoms with Crippen LogP contribution in [0.4, 0.5) is 0 Å². The first-order chi connectivity index (χ1) is 5.92. The van der Waals surface area contributed by atoms with Gasteiger partial charge in [0.25, 0.3) is 0 Å². The van der Waals surface area contributed by atoms with Crippen LogP contribution in [-0.2, 0) is 4.74 Å². The second kappa shape index (κ2) is 3.18. The maximum atomic E-state index is 5.46. The molecule has 1 aliphatic carbocycles. The van der Waals surface area contributed by atoms with Crippen LogP contribution in [-0.4, -0.2) is 0 Å². The van der Waals surface area contributed by atoms with Gasteiger partial charge in [-0.3, -0.25) is 0 Å². The molecule has 0 atom stereocenters. The molecule has 0 bridgehead atoms. The fourth-order valence-electron chi connectivity index (χ4n) is 1.52. The van der Waals surface area contributed by atoms with E-state index in [-0.39, 0.29) is 0 Å². The van der Waals surface area contributed by atoms with E-state index in [4.69, 9.17) is 4.74 Å². The lowest BCUT2D eigenvalue weighted by Gasteiger charge is -2.08. The predicted octanol–water partition coefficient (Wildman–Crippen LogP) is 3.12. The summed E-state index contributed by atoms with van der Waals surface area (Å²) in [5.41, 5.74) is 2.53. The molecule has 0 saturated carbocycles. The van der Waals surface area contributed by atoms with E-state index >= 15 is 0 Å². The average molecular weight is 161 g/mol. The Labute approximate surface area is 73.4 Å². The molecule has 0 N–H and O–H groups in total. The molecule has 0 fully saturated rings. The third kappa shape index (κ3) is 1.20. The zero-order valence-corrected chi connectivity index (χ0v) is 7.34. The minimum absolute atomic E-state index is 1.07. The molecule has 1 heteroatoms. The van der Waals surface area contributed by atoms with Gasteiger partial charge in [-0.05, 0) is 12.8 Å². The van der Waals surface area contributed by atoms with E-state index in [9.17, 15) is 0 Å². The number of rotatable bonds is 3. The zero-order valence-electron chi connectivity index (χ0n) is 7.34. The van der Waals surface area contributed by atoms with Crippen molar-refractivity contribution >= 4 is 0 Å². The molecule has 1 aliphatic heterocycles. The Hall–Kier alpha value is -0.980. The summed E-state index contributed by atoms with van der Waals surface area (Å²) in [4.78, 5) is 0. The Bertz CT molecular complexity index is 258. The zero-order chi connectivity index (χ0) is 8.39. The highest BCUT2D eigenvalue weighted by molar-refractivity contribution is 5.56. The van der Waals surface area contributed by atoms with Crippen LogP contribution in [0.1, 0.15) is 26.2 Å². The molecule has 1 radical (unpaired) electrons. The Morgan fingerprint density at radius 3 is 3.17 bits per heavy atom. The minimum Gasteiger partial charge on any atom is -0.485 e. The van der Waals surface area contributed by atoms with Crippen molar-refractivity contribution < 1.29 is 4.74 Å². The molecule has 0 saturated heterocycles. The van der Waals surface area contributed by atoms with Gasteiger partial charge < -0.3 is 4.74 Å². The van der Waals surface area contributed by atoms with Gasteiger partial charge in [0.15, 0.2) is 6.10 Å². The Morgan fingerprint density at radius 2 is 2.33 bits per heavy atom. The first kappa shape index (κ1) is 7.66. The van der Waals surface area contributed by atoms with E-state index < -0.39 is 0 Å². The van der Waals surface area contributed by atoms with E-state index in [0.29, 0.717) is 0 Å². The second-order valence-electron chi connectivity index (χ2n) is 3.16. The van der Waals surface area contributed by atoms with Crippen LogP contribution in [0, 0.1) is 6.10 Å². The number of fused-ring (bicyclic) bond motifs is 1. The van der Waals surface area contributed by atoms with Gasteiger partial charge in [-0.1, -0.05) is 31.6 Å². The molecule has 0 amide bonds. The third-order valence-corrected chi connectivity index (χ3v) is 2.24. The molecule has 12 heavy (non-hydrogen) atoms. The number of hydrogen-bond acceptors (Lipinski definition) is 1. The average Bonchev–Trinajstić information content (AvgIpc) is 2.62. The van der Waals surface area contributed by atoms with Crippen LogP contribution in [0.2, 0.25) is 0 Å². The predicted molar refractivity (Wildman–Crippen MR) is 49.2 cm³/mol. The van der Waals surface area contributed by atoms with Crippen LogP contribution >= 0.6 is 0 Å². The maximum absolute atomic E-state index is 5.46. The monoisotopic (exact) mass is 161 g/mol. The van der Waals surface area contributed by atoms with Gasteiger partial charge in [0.05, 0.1) is 6.26 Å². The van der Waals surface area contributed by atoms with Crippen molar-refractivity contribution in [3.63, 3.8) is 0 Å². The summed E-state index contributed by atoms with van der Waals surface area (Å²) in [6.45, 7) is 2.20. The molecule has 0 aromatic rings. The third-order valence-electron chi connectivity index (χ3n) is 2.24. The Balaban J connectivity index is 1.97. The smallest absolute Gasteiger partial charge is 0.177 e. The van der Waals surface area contributed by atoms with Gasteiger partial charge in [-0.25, -0.2) is 0 Å². The summed E-state index contributed by atoms with van der Waals surface area (Å²) in [7, 11) is 0. The van der Waals surface area contributed by atoms with E-state index in [1.807, 2.05) is 6.26 Å².